The summed E-state index contributed by atoms with van der Waals surface area (Å²) in [5.74, 6) is 1.08. The molecule has 7 heteroatoms. The molecule has 3 aromatic heterocycles. The standard InChI is InChI=1S/C22H19N5O2/c1-12-7-13(2)20-14(8-12)9-16(22(29)26-20)21-23-5-6-27(21)15-3-4-17-18(10-15)25-19(11-28)24-17/h3-10,28H,11H2,1-2H3,(H,24,25)(H,26,29). The lowest BCUT2D eigenvalue weighted by Gasteiger charge is -2.10. The van der Waals surface area contributed by atoms with Crippen LogP contribution in [0.25, 0.3) is 39.0 Å². The zero-order chi connectivity index (χ0) is 20.1. The van der Waals surface area contributed by atoms with Gasteiger partial charge in [-0.15, -0.1) is 0 Å². The minimum Gasteiger partial charge on any atom is -0.388 e. The van der Waals surface area contributed by atoms with E-state index in [1.165, 1.54) is 0 Å². The van der Waals surface area contributed by atoms with E-state index >= 15 is 0 Å². The molecule has 0 aliphatic rings. The molecule has 5 aromatic rings. The number of imidazole rings is 2. The summed E-state index contributed by atoms with van der Waals surface area (Å²) < 4.78 is 1.87. The van der Waals surface area contributed by atoms with E-state index in [9.17, 15) is 9.90 Å². The molecule has 0 saturated heterocycles. The number of aliphatic hydroxyl groups excluding tert-OH is 1. The SMILES string of the molecule is Cc1cc(C)c2[nH]c(=O)c(-c3nccn3-c3ccc4nc(CO)[nH]c4c3)cc2c1. The third-order valence-corrected chi connectivity index (χ3v) is 5.12. The quantitative estimate of drug-likeness (QED) is 0.443. The minimum absolute atomic E-state index is 0.147. The average Bonchev–Trinajstić information content (AvgIpc) is 3.34. The number of pyridine rings is 1. The number of rotatable bonds is 3. The fourth-order valence-corrected chi connectivity index (χ4v) is 3.84. The highest BCUT2D eigenvalue weighted by Gasteiger charge is 2.14. The first kappa shape index (κ1) is 17.4. The van der Waals surface area contributed by atoms with Gasteiger partial charge in [-0.1, -0.05) is 11.6 Å². The molecule has 7 nitrogen and oxygen atoms in total. The molecule has 0 spiro atoms. The largest absolute Gasteiger partial charge is 0.388 e. The van der Waals surface area contributed by atoms with Gasteiger partial charge in [-0.05, 0) is 55.1 Å². The summed E-state index contributed by atoms with van der Waals surface area (Å²) in [7, 11) is 0. The van der Waals surface area contributed by atoms with Crippen molar-refractivity contribution in [2.45, 2.75) is 20.5 Å². The first-order chi connectivity index (χ1) is 14.0. The van der Waals surface area contributed by atoms with Crippen LogP contribution in [0, 0.1) is 13.8 Å². The molecular weight excluding hydrogens is 366 g/mol. The van der Waals surface area contributed by atoms with Gasteiger partial charge in [-0.2, -0.15) is 0 Å². The fraction of sp³-hybridized carbons (Fsp3) is 0.136. The molecule has 29 heavy (non-hydrogen) atoms. The molecule has 3 heterocycles. The van der Waals surface area contributed by atoms with Gasteiger partial charge in [-0.3, -0.25) is 9.36 Å². The Labute approximate surface area is 165 Å². The van der Waals surface area contributed by atoms with E-state index in [1.807, 2.05) is 48.9 Å². The number of nitrogens with zero attached hydrogens (tertiary/aromatic N) is 3. The number of aromatic nitrogens is 5. The Balaban J connectivity index is 1.69. The maximum atomic E-state index is 12.9. The van der Waals surface area contributed by atoms with Crippen molar-refractivity contribution >= 4 is 21.9 Å². The fourth-order valence-electron chi connectivity index (χ4n) is 3.84. The molecule has 2 aromatic carbocycles. The Hall–Kier alpha value is -3.71. The molecule has 144 valence electrons. The lowest BCUT2D eigenvalue weighted by molar-refractivity contribution is 0.273. The van der Waals surface area contributed by atoms with Crippen molar-refractivity contribution in [3.05, 3.63) is 76.1 Å². The monoisotopic (exact) mass is 385 g/mol. The Kier molecular flexibility index (Phi) is 3.85. The van der Waals surface area contributed by atoms with Gasteiger partial charge in [0.1, 0.15) is 18.3 Å². The first-order valence-electron chi connectivity index (χ1n) is 9.31. The number of aromatic amines is 2. The Bertz CT molecular complexity index is 1440. The first-order valence-corrected chi connectivity index (χ1v) is 9.31. The van der Waals surface area contributed by atoms with Gasteiger partial charge < -0.3 is 15.1 Å². The van der Waals surface area contributed by atoms with Crippen molar-refractivity contribution in [1.82, 2.24) is 24.5 Å². The maximum absolute atomic E-state index is 12.9. The molecule has 0 amide bonds. The highest BCUT2D eigenvalue weighted by atomic mass is 16.3. The molecule has 0 aliphatic carbocycles. The summed E-state index contributed by atoms with van der Waals surface area (Å²) in [5.41, 5.74) is 5.78. The lowest BCUT2D eigenvalue weighted by atomic mass is 10.1. The smallest absolute Gasteiger partial charge is 0.259 e. The van der Waals surface area contributed by atoms with E-state index in [4.69, 9.17) is 0 Å². The summed E-state index contributed by atoms with van der Waals surface area (Å²) in [6.07, 6.45) is 3.50. The van der Waals surface area contributed by atoms with Crippen molar-refractivity contribution in [1.29, 1.82) is 0 Å². The van der Waals surface area contributed by atoms with Crippen LogP contribution < -0.4 is 5.56 Å². The van der Waals surface area contributed by atoms with Crippen LogP contribution in [-0.2, 0) is 6.61 Å². The van der Waals surface area contributed by atoms with Gasteiger partial charge in [0.2, 0.25) is 0 Å². The molecule has 3 N–H and O–H groups in total. The molecule has 0 bridgehead atoms. The zero-order valence-corrected chi connectivity index (χ0v) is 16.0. The third kappa shape index (κ3) is 2.83. The van der Waals surface area contributed by atoms with Crippen LogP contribution >= 0.6 is 0 Å². The van der Waals surface area contributed by atoms with Crippen LogP contribution in [0.2, 0.25) is 0 Å². The molecular formula is C22H19N5O2. The van der Waals surface area contributed by atoms with Crippen LogP contribution in [0.4, 0.5) is 0 Å². The normalized spacial score (nSPS) is 11.6. The van der Waals surface area contributed by atoms with Gasteiger partial charge in [0.15, 0.2) is 0 Å². The Morgan fingerprint density at radius 1 is 1.10 bits per heavy atom. The van der Waals surface area contributed by atoms with E-state index in [2.05, 4.69) is 32.1 Å². The predicted molar refractivity (Wildman–Crippen MR) is 112 cm³/mol. The highest BCUT2D eigenvalue weighted by molar-refractivity contribution is 5.86. The maximum Gasteiger partial charge on any atom is 0.259 e. The number of aliphatic hydroxyl groups is 1. The van der Waals surface area contributed by atoms with E-state index in [0.717, 1.165) is 38.8 Å². The van der Waals surface area contributed by atoms with Gasteiger partial charge in [0, 0.05) is 18.1 Å². The second-order valence-electron chi connectivity index (χ2n) is 7.22. The highest BCUT2D eigenvalue weighted by Crippen LogP contribution is 2.25. The molecule has 0 radical (unpaired) electrons. The molecule has 0 unspecified atom stereocenters. The van der Waals surface area contributed by atoms with E-state index in [1.54, 1.807) is 6.20 Å². The lowest BCUT2D eigenvalue weighted by Crippen LogP contribution is -2.12. The number of hydrogen-bond donors (Lipinski definition) is 3. The number of fused-ring (bicyclic) bond motifs is 2. The number of benzene rings is 2. The molecule has 0 aliphatic heterocycles. The van der Waals surface area contributed by atoms with E-state index in [-0.39, 0.29) is 12.2 Å². The molecule has 5 rings (SSSR count). The van der Waals surface area contributed by atoms with Crippen molar-refractivity contribution < 1.29 is 5.11 Å². The molecule has 0 saturated carbocycles. The summed E-state index contributed by atoms with van der Waals surface area (Å²) in [6.45, 7) is 3.89. The van der Waals surface area contributed by atoms with Gasteiger partial charge >= 0.3 is 0 Å². The average molecular weight is 385 g/mol. The van der Waals surface area contributed by atoms with Crippen LogP contribution in [-0.4, -0.2) is 29.6 Å². The van der Waals surface area contributed by atoms with Crippen LogP contribution in [0.5, 0.6) is 0 Å². The summed E-state index contributed by atoms with van der Waals surface area (Å²) in [5, 5.41) is 10.3. The summed E-state index contributed by atoms with van der Waals surface area (Å²) in [6, 6.07) is 11.7. The van der Waals surface area contributed by atoms with Gasteiger partial charge in [0.25, 0.3) is 5.56 Å². The van der Waals surface area contributed by atoms with Crippen molar-refractivity contribution in [2.75, 3.05) is 0 Å². The van der Waals surface area contributed by atoms with Gasteiger partial charge in [-0.25, -0.2) is 9.97 Å². The van der Waals surface area contributed by atoms with Crippen LogP contribution in [0.1, 0.15) is 17.0 Å². The number of hydrogen-bond acceptors (Lipinski definition) is 4. The summed E-state index contributed by atoms with van der Waals surface area (Å²) in [4.78, 5) is 27.7. The van der Waals surface area contributed by atoms with Crippen molar-refractivity contribution in [3.8, 4) is 17.1 Å². The zero-order valence-electron chi connectivity index (χ0n) is 16.0. The number of nitrogens with one attached hydrogen (secondary N) is 2. The third-order valence-electron chi connectivity index (χ3n) is 5.12. The van der Waals surface area contributed by atoms with E-state index in [0.29, 0.717) is 17.2 Å². The van der Waals surface area contributed by atoms with Crippen LogP contribution in [0.15, 0.2) is 53.6 Å². The topological polar surface area (TPSA) is 99.6 Å². The van der Waals surface area contributed by atoms with E-state index < -0.39 is 0 Å². The Morgan fingerprint density at radius 2 is 1.97 bits per heavy atom. The summed E-state index contributed by atoms with van der Waals surface area (Å²) >= 11 is 0. The van der Waals surface area contributed by atoms with Crippen LogP contribution in [0.3, 0.4) is 0 Å². The van der Waals surface area contributed by atoms with Crippen molar-refractivity contribution in [3.63, 3.8) is 0 Å². The predicted octanol–water partition coefficient (Wildman–Crippen LogP) is 3.37. The second-order valence-corrected chi connectivity index (χ2v) is 7.22. The molecule has 0 atom stereocenters. The van der Waals surface area contributed by atoms with Crippen molar-refractivity contribution in [2.24, 2.45) is 0 Å². The number of H-pyrrole nitrogens is 2. The number of aryl methyl sites for hydroxylation is 2. The second kappa shape index (κ2) is 6.42. The molecule has 0 fully saturated rings. The van der Waals surface area contributed by atoms with Gasteiger partial charge in [0.05, 0.1) is 22.1 Å². The minimum atomic E-state index is -0.179. The Morgan fingerprint density at radius 3 is 2.79 bits per heavy atom.